The van der Waals surface area contributed by atoms with Gasteiger partial charge in [0, 0.05) is 5.69 Å². The second kappa shape index (κ2) is 5.64. The molecule has 1 heterocycles. The summed E-state index contributed by atoms with van der Waals surface area (Å²) in [6.45, 7) is 4.07. The number of urea groups is 1. The van der Waals surface area contributed by atoms with Crippen LogP contribution in [0.3, 0.4) is 0 Å². The molecule has 1 aliphatic heterocycles. The van der Waals surface area contributed by atoms with Gasteiger partial charge < -0.3 is 0 Å². The van der Waals surface area contributed by atoms with E-state index in [4.69, 9.17) is 0 Å². The number of anilines is 1. The molecule has 1 fully saturated rings. The van der Waals surface area contributed by atoms with Gasteiger partial charge in [0.2, 0.25) is 0 Å². The number of aryl methyl sites for hydroxylation is 1. The van der Waals surface area contributed by atoms with Crippen molar-refractivity contribution in [1.82, 2.24) is 4.90 Å². The van der Waals surface area contributed by atoms with E-state index in [1.165, 1.54) is 4.90 Å². The van der Waals surface area contributed by atoms with Crippen LogP contribution in [0, 0.1) is 6.92 Å². The molecule has 1 aliphatic rings. The number of rotatable bonds is 3. The lowest BCUT2D eigenvalue weighted by Crippen LogP contribution is -2.33. The van der Waals surface area contributed by atoms with E-state index in [-0.39, 0.29) is 11.9 Å². The SMILES string of the molecule is Cc1ccccc1CN1C(=O)C(C)N(c2ccccc2)C1=O. The maximum absolute atomic E-state index is 12.7. The number of hydrogen-bond donors (Lipinski definition) is 0. The third kappa shape index (κ3) is 2.37. The third-order valence-corrected chi connectivity index (χ3v) is 4.07. The highest BCUT2D eigenvalue weighted by Gasteiger charge is 2.43. The van der Waals surface area contributed by atoms with Gasteiger partial charge in [-0.25, -0.2) is 4.79 Å². The molecule has 112 valence electrons. The molecule has 1 atom stereocenters. The van der Waals surface area contributed by atoms with Crippen molar-refractivity contribution in [3.63, 3.8) is 0 Å². The Morgan fingerprint density at radius 1 is 0.955 bits per heavy atom. The number of para-hydroxylation sites is 1. The van der Waals surface area contributed by atoms with Crippen molar-refractivity contribution >= 4 is 17.6 Å². The first kappa shape index (κ1) is 14.3. The molecule has 2 aromatic carbocycles. The molecule has 1 unspecified atom stereocenters. The van der Waals surface area contributed by atoms with E-state index < -0.39 is 6.04 Å². The molecular weight excluding hydrogens is 276 g/mol. The molecule has 0 saturated carbocycles. The highest BCUT2D eigenvalue weighted by atomic mass is 16.2. The van der Waals surface area contributed by atoms with E-state index in [1.54, 1.807) is 11.8 Å². The fraction of sp³-hybridized carbons (Fsp3) is 0.222. The van der Waals surface area contributed by atoms with E-state index >= 15 is 0 Å². The summed E-state index contributed by atoms with van der Waals surface area (Å²) < 4.78 is 0. The Balaban J connectivity index is 1.90. The number of nitrogens with zero attached hydrogens (tertiary/aromatic N) is 2. The zero-order valence-corrected chi connectivity index (χ0v) is 12.7. The molecule has 0 spiro atoms. The fourth-order valence-corrected chi connectivity index (χ4v) is 2.75. The zero-order chi connectivity index (χ0) is 15.7. The van der Waals surface area contributed by atoms with Gasteiger partial charge in [-0.05, 0) is 37.1 Å². The van der Waals surface area contributed by atoms with Gasteiger partial charge in [0.1, 0.15) is 6.04 Å². The van der Waals surface area contributed by atoms with Crippen molar-refractivity contribution in [2.24, 2.45) is 0 Å². The minimum absolute atomic E-state index is 0.155. The highest BCUT2D eigenvalue weighted by molar-refractivity contribution is 6.13. The molecule has 4 heteroatoms. The fourth-order valence-electron chi connectivity index (χ4n) is 2.75. The van der Waals surface area contributed by atoms with Gasteiger partial charge in [0.05, 0.1) is 6.54 Å². The second-order valence-electron chi connectivity index (χ2n) is 5.51. The van der Waals surface area contributed by atoms with Gasteiger partial charge in [-0.15, -0.1) is 0 Å². The van der Waals surface area contributed by atoms with Gasteiger partial charge in [-0.1, -0.05) is 42.5 Å². The average molecular weight is 294 g/mol. The number of hydrogen-bond acceptors (Lipinski definition) is 2. The lowest BCUT2D eigenvalue weighted by molar-refractivity contribution is -0.127. The molecule has 0 N–H and O–H groups in total. The van der Waals surface area contributed by atoms with Crippen LogP contribution in [0.1, 0.15) is 18.1 Å². The van der Waals surface area contributed by atoms with E-state index in [1.807, 2.05) is 61.5 Å². The minimum atomic E-state index is -0.473. The molecular formula is C18H18N2O2. The summed E-state index contributed by atoms with van der Waals surface area (Å²) in [5.41, 5.74) is 2.82. The maximum Gasteiger partial charge on any atom is 0.332 e. The lowest BCUT2D eigenvalue weighted by atomic mass is 10.1. The van der Waals surface area contributed by atoms with Gasteiger partial charge in [-0.2, -0.15) is 0 Å². The average Bonchev–Trinajstić information content (AvgIpc) is 2.74. The molecule has 3 amide bonds. The Kier molecular flexibility index (Phi) is 3.67. The summed E-state index contributed by atoms with van der Waals surface area (Å²) in [6, 6.07) is 16.4. The molecule has 0 bridgehead atoms. The first-order valence-electron chi connectivity index (χ1n) is 7.33. The van der Waals surface area contributed by atoms with Crippen LogP contribution in [-0.2, 0) is 11.3 Å². The Morgan fingerprint density at radius 3 is 2.27 bits per heavy atom. The Hall–Kier alpha value is -2.62. The van der Waals surface area contributed by atoms with Crippen molar-refractivity contribution in [3.8, 4) is 0 Å². The van der Waals surface area contributed by atoms with Crippen LogP contribution >= 0.6 is 0 Å². The van der Waals surface area contributed by atoms with E-state index in [0.717, 1.165) is 16.8 Å². The molecule has 22 heavy (non-hydrogen) atoms. The maximum atomic E-state index is 12.7. The first-order valence-corrected chi connectivity index (χ1v) is 7.33. The van der Waals surface area contributed by atoms with Crippen LogP contribution in [0.15, 0.2) is 54.6 Å². The third-order valence-electron chi connectivity index (χ3n) is 4.07. The number of carbonyl (C=O) groups excluding carboxylic acids is 2. The van der Waals surface area contributed by atoms with Gasteiger partial charge >= 0.3 is 6.03 Å². The highest BCUT2D eigenvalue weighted by Crippen LogP contribution is 2.27. The normalized spacial score (nSPS) is 18.2. The molecule has 3 rings (SSSR count). The van der Waals surface area contributed by atoms with Crippen LogP contribution in [0.25, 0.3) is 0 Å². The number of imide groups is 1. The van der Waals surface area contributed by atoms with Gasteiger partial charge in [0.25, 0.3) is 5.91 Å². The van der Waals surface area contributed by atoms with Crippen molar-refractivity contribution < 1.29 is 9.59 Å². The number of carbonyl (C=O) groups is 2. The van der Waals surface area contributed by atoms with Crippen LogP contribution < -0.4 is 4.90 Å². The monoisotopic (exact) mass is 294 g/mol. The van der Waals surface area contributed by atoms with Crippen molar-refractivity contribution in [2.45, 2.75) is 26.4 Å². The second-order valence-corrected chi connectivity index (χ2v) is 5.51. The van der Waals surface area contributed by atoms with Crippen LogP contribution in [-0.4, -0.2) is 22.9 Å². The predicted octanol–water partition coefficient (Wildman–Crippen LogP) is 3.35. The molecule has 4 nitrogen and oxygen atoms in total. The van der Waals surface area contributed by atoms with Crippen molar-refractivity contribution in [3.05, 3.63) is 65.7 Å². The zero-order valence-electron chi connectivity index (χ0n) is 12.7. The Morgan fingerprint density at radius 2 is 1.59 bits per heavy atom. The van der Waals surface area contributed by atoms with E-state index in [0.29, 0.717) is 6.54 Å². The lowest BCUT2D eigenvalue weighted by Gasteiger charge is -2.19. The van der Waals surface area contributed by atoms with Crippen molar-refractivity contribution in [1.29, 1.82) is 0 Å². The summed E-state index contributed by atoms with van der Waals surface area (Å²) in [7, 11) is 0. The summed E-state index contributed by atoms with van der Waals surface area (Å²) >= 11 is 0. The van der Waals surface area contributed by atoms with Crippen LogP contribution in [0.5, 0.6) is 0 Å². The summed E-state index contributed by atoms with van der Waals surface area (Å²) in [5.74, 6) is -0.155. The summed E-state index contributed by atoms with van der Waals surface area (Å²) in [4.78, 5) is 28.0. The van der Waals surface area contributed by atoms with Crippen molar-refractivity contribution in [2.75, 3.05) is 4.90 Å². The Labute approximate surface area is 130 Å². The topological polar surface area (TPSA) is 40.6 Å². The Bertz CT molecular complexity index is 712. The summed E-state index contributed by atoms with van der Waals surface area (Å²) in [5, 5.41) is 0. The largest absolute Gasteiger partial charge is 0.332 e. The van der Waals surface area contributed by atoms with Crippen LogP contribution in [0.4, 0.5) is 10.5 Å². The van der Waals surface area contributed by atoms with E-state index in [2.05, 4.69) is 0 Å². The predicted molar refractivity (Wildman–Crippen MR) is 85.5 cm³/mol. The van der Waals surface area contributed by atoms with Crippen LogP contribution in [0.2, 0.25) is 0 Å². The van der Waals surface area contributed by atoms with E-state index in [9.17, 15) is 9.59 Å². The number of benzene rings is 2. The summed E-state index contributed by atoms with van der Waals surface area (Å²) in [6.07, 6.45) is 0. The molecule has 0 radical (unpaired) electrons. The van der Waals surface area contributed by atoms with Gasteiger partial charge in [-0.3, -0.25) is 14.6 Å². The first-order chi connectivity index (χ1) is 10.6. The molecule has 0 aromatic heterocycles. The molecule has 1 saturated heterocycles. The number of amides is 3. The van der Waals surface area contributed by atoms with Gasteiger partial charge in [0.15, 0.2) is 0 Å². The quantitative estimate of drug-likeness (QED) is 0.814. The molecule has 2 aromatic rings. The minimum Gasteiger partial charge on any atom is -0.282 e. The smallest absolute Gasteiger partial charge is 0.282 e. The molecule has 0 aliphatic carbocycles. The standard InChI is InChI=1S/C18H18N2O2/c1-13-8-6-7-9-15(13)12-19-17(21)14(2)20(18(19)22)16-10-4-3-5-11-16/h3-11,14H,12H2,1-2H3.